The molecule has 0 bridgehead atoms. The van der Waals surface area contributed by atoms with E-state index in [-0.39, 0.29) is 63.8 Å². The molecule has 4 heterocycles. The second-order valence-corrected chi connectivity index (χ2v) is 21.2. The summed E-state index contributed by atoms with van der Waals surface area (Å²) in [6, 6.07) is 24.3. The lowest BCUT2D eigenvalue weighted by Crippen LogP contribution is -2.50. The van der Waals surface area contributed by atoms with Crippen LogP contribution >= 0.6 is 58.8 Å². The Balaban J connectivity index is 0.00000946. The maximum atomic E-state index is 12.3. The van der Waals surface area contributed by atoms with Crippen LogP contribution in [0.2, 0.25) is 20.1 Å². The van der Waals surface area contributed by atoms with Crippen molar-refractivity contribution in [2.45, 2.75) is 50.2 Å². The number of carbonyl (C=O) groups is 2. The third-order valence-electron chi connectivity index (χ3n) is 13.6. The van der Waals surface area contributed by atoms with Gasteiger partial charge in [-0.1, -0.05) is 93.2 Å². The number of benzene rings is 4. The monoisotopic (exact) mass is 1220 g/mol. The molecule has 0 saturated heterocycles. The smallest absolute Gasteiger partial charge is 0.252 e. The second kappa shape index (κ2) is 32.3. The molecule has 0 unspecified atom stereocenters. The van der Waals surface area contributed by atoms with E-state index in [1.165, 1.54) is 0 Å². The number of halogens is 5. The maximum absolute atomic E-state index is 12.3. The van der Waals surface area contributed by atoms with Crippen molar-refractivity contribution in [1.29, 1.82) is 0 Å². The van der Waals surface area contributed by atoms with E-state index in [1.54, 1.807) is 21.5 Å². The van der Waals surface area contributed by atoms with Crippen LogP contribution in [-0.2, 0) is 64.2 Å². The molecule has 0 spiro atoms. The van der Waals surface area contributed by atoms with Crippen LogP contribution in [0.15, 0.2) is 85.2 Å². The molecule has 2 aliphatic rings. The van der Waals surface area contributed by atoms with E-state index in [0.29, 0.717) is 86.0 Å². The number of aromatic nitrogens is 6. The van der Waals surface area contributed by atoms with Crippen LogP contribution in [0.25, 0.3) is 22.5 Å². The molecule has 438 valence electrons. The first-order valence-corrected chi connectivity index (χ1v) is 28.0. The standard InChI is InChI=1S/C56H68Cl4N10O10.ClH/c1-67-31-45(43-27-41(57)29-49(59)47(43)33-67)37-5-3-7-39(25-37)51-35-69(65-63-51)11-15-77-19-23-79-21-17-75-13-9-61-55(73)53(71)54(72)56(74)62-10-14-76-18-22-80-24-20-78-16-12-70-36-52(64-66-70)40-8-4-6-38(26-40)46-32-68(2)34-48-44(46)28-42(58)30-50(48)60;/h3-8,25-30,35-36,45-46,53-54,71-72H,9-24,31-34H2,1-2H3,(H,61,73)(H,62,74);1H/t45-,46-,53-,54-;/m0./s1. The van der Waals surface area contributed by atoms with E-state index in [1.807, 2.05) is 48.8 Å². The highest BCUT2D eigenvalue weighted by Gasteiger charge is 2.31. The maximum Gasteiger partial charge on any atom is 0.252 e. The number of amides is 2. The van der Waals surface area contributed by atoms with Gasteiger partial charge in [0.1, 0.15) is 11.4 Å². The molecule has 0 aliphatic carbocycles. The minimum absolute atomic E-state index is 0. The van der Waals surface area contributed by atoms with Gasteiger partial charge in [-0.25, -0.2) is 9.36 Å². The van der Waals surface area contributed by atoms with Gasteiger partial charge in [0.2, 0.25) is 0 Å². The first-order valence-electron chi connectivity index (χ1n) is 26.5. The highest BCUT2D eigenvalue weighted by Crippen LogP contribution is 2.41. The Bertz CT molecular complexity index is 2780. The number of likely N-dealkylation sites (N-methyl/N-ethyl adjacent to an activating group) is 2. The molecule has 20 nitrogen and oxygen atoms in total. The van der Waals surface area contributed by atoms with Crippen LogP contribution in [0, 0.1) is 0 Å². The number of hydrogen-bond acceptors (Lipinski definition) is 16. The largest absolute Gasteiger partial charge is 0.380 e. The lowest BCUT2D eigenvalue weighted by atomic mass is 9.84. The van der Waals surface area contributed by atoms with Gasteiger partial charge in [0.05, 0.1) is 105 Å². The molecule has 0 radical (unpaired) electrons. The summed E-state index contributed by atoms with van der Waals surface area (Å²) < 4.78 is 37.0. The summed E-state index contributed by atoms with van der Waals surface area (Å²) in [5.74, 6) is -1.60. The van der Waals surface area contributed by atoms with E-state index in [4.69, 9.17) is 74.8 Å². The van der Waals surface area contributed by atoms with E-state index in [9.17, 15) is 19.8 Å². The molecule has 8 rings (SSSR count). The molecule has 2 aliphatic heterocycles. The first kappa shape index (κ1) is 63.7. The van der Waals surface area contributed by atoms with Gasteiger partial charge in [0, 0.05) is 82.3 Å². The van der Waals surface area contributed by atoms with Crippen molar-refractivity contribution in [1.82, 2.24) is 50.4 Å². The van der Waals surface area contributed by atoms with Crippen molar-refractivity contribution >= 4 is 70.6 Å². The molecular formula is C56H69Cl5N10O10. The lowest BCUT2D eigenvalue weighted by molar-refractivity contribution is -0.146. The number of ether oxygens (including phenoxy) is 6. The van der Waals surface area contributed by atoms with Gasteiger partial charge in [-0.3, -0.25) is 9.59 Å². The van der Waals surface area contributed by atoms with Crippen LogP contribution in [0.4, 0.5) is 0 Å². The number of aliphatic hydroxyl groups excluding tert-OH is 2. The van der Waals surface area contributed by atoms with Crippen LogP contribution in [-0.4, -0.2) is 194 Å². The van der Waals surface area contributed by atoms with Crippen LogP contribution < -0.4 is 10.6 Å². The number of fused-ring (bicyclic) bond motifs is 2. The number of hydrogen-bond donors (Lipinski definition) is 4. The molecule has 0 saturated carbocycles. The van der Waals surface area contributed by atoms with Crippen molar-refractivity contribution in [3.05, 3.63) is 139 Å². The molecule has 0 fully saturated rings. The van der Waals surface area contributed by atoms with Gasteiger partial charge < -0.3 is 59.1 Å². The average Bonchev–Trinajstić information content (AvgIpc) is 4.14. The summed E-state index contributed by atoms with van der Waals surface area (Å²) in [6.45, 7) is 8.00. The van der Waals surface area contributed by atoms with Gasteiger partial charge >= 0.3 is 0 Å². The molecule has 4 atom stereocenters. The first-order chi connectivity index (χ1) is 38.8. The molecule has 4 N–H and O–H groups in total. The summed E-state index contributed by atoms with van der Waals surface area (Å²) in [4.78, 5) is 29.2. The Hall–Kier alpha value is -4.85. The van der Waals surface area contributed by atoms with Crippen molar-refractivity contribution in [3.8, 4) is 22.5 Å². The predicted octanol–water partition coefficient (Wildman–Crippen LogP) is 6.15. The average molecular weight is 1220 g/mol. The zero-order chi connectivity index (χ0) is 56.4. The Kier molecular flexibility index (Phi) is 25.4. The summed E-state index contributed by atoms with van der Waals surface area (Å²) in [7, 11) is 4.18. The molecule has 4 aromatic carbocycles. The Labute approximate surface area is 497 Å². The fourth-order valence-electron chi connectivity index (χ4n) is 9.56. The normalized spacial score (nSPS) is 16.1. The molecule has 2 amide bonds. The summed E-state index contributed by atoms with van der Waals surface area (Å²) in [6.07, 6.45) is -0.146. The highest BCUT2D eigenvalue weighted by molar-refractivity contribution is 6.35. The molecule has 2 aromatic heterocycles. The topological polar surface area (TPSA) is 222 Å². The number of nitrogens with zero attached hydrogens (tertiary/aromatic N) is 8. The summed E-state index contributed by atoms with van der Waals surface area (Å²) >= 11 is 26.0. The minimum atomic E-state index is -1.97. The summed E-state index contributed by atoms with van der Waals surface area (Å²) in [5.41, 5.74) is 10.3. The van der Waals surface area contributed by atoms with Crippen LogP contribution in [0.1, 0.15) is 45.2 Å². The second-order valence-electron chi connectivity index (χ2n) is 19.5. The van der Waals surface area contributed by atoms with Gasteiger partial charge in [-0.15, -0.1) is 22.6 Å². The number of rotatable bonds is 31. The zero-order valence-corrected chi connectivity index (χ0v) is 49.0. The van der Waals surface area contributed by atoms with Crippen molar-refractivity contribution < 1.29 is 48.2 Å². The van der Waals surface area contributed by atoms with Crippen LogP contribution in [0.3, 0.4) is 0 Å². The van der Waals surface area contributed by atoms with Gasteiger partial charge in [0.25, 0.3) is 11.8 Å². The SMILES string of the molecule is CN1Cc2c(Cl)cc(Cl)cc2[C@H](c2cccc(-c3cn(CCOCCOCCOCCNC(=O)[C@@H](O)[C@H](O)C(=O)NCCOCCOCCOCCn4cc(-c5cccc([C@@H]6CN(C)Cc7c(Cl)cc(Cl)cc76)c5)nn4)nn3)c2)C1.Cl. The number of nitrogens with one attached hydrogen (secondary N) is 2. The lowest BCUT2D eigenvalue weighted by Gasteiger charge is -2.33. The zero-order valence-electron chi connectivity index (χ0n) is 45.2. The predicted molar refractivity (Wildman–Crippen MR) is 310 cm³/mol. The third kappa shape index (κ3) is 18.6. The van der Waals surface area contributed by atoms with E-state index in [0.717, 1.165) is 82.1 Å². The van der Waals surface area contributed by atoms with Crippen molar-refractivity contribution in [2.75, 3.05) is 120 Å². The van der Waals surface area contributed by atoms with E-state index >= 15 is 0 Å². The van der Waals surface area contributed by atoms with E-state index < -0.39 is 24.0 Å². The van der Waals surface area contributed by atoms with Crippen molar-refractivity contribution in [2.24, 2.45) is 0 Å². The number of aliphatic hydroxyl groups is 2. The fraction of sp³-hybridized carbons (Fsp3) is 0.464. The van der Waals surface area contributed by atoms with Crippen molar-refractivity contribution in [3.63, 3.8) is 0 Å². The quantitative estimate of drug-likeness (QED) is 0.0359. The third-order valence-corrected chi connectivity index (χ3v) is 14.7. The fourth-order valence-corrected chi connectivity index (χ4v) is 10.7. The van der Waals surface area contributed by atoms with E-state index in [2.05, 4.69) is 79.4 Å². The molecule has 6 aromatic rings. The summed E-state index contributed by atoms with van der Waals surface area (Å²) in [5, 5.41) is 45.3. The molecule has 25 heteroatoms. The van der Waals surface area contributed by atoms with Gasteiger partial charge in [-0.05, 0) is 83.9 Å². The Morgan fingerprint density at radius 1 is 0.556 bits per heavy atom. The van der Waals surface area contributed by atoms with Gasteiger partial charge in [-0.2, -0.15) is 0 Å². The highest BCUT2D eigenvalue weighted by atomic mass is 35.5. The molecular weight excluding hydrogens is 1150 g/mol. The number of carbonyl (C=O) groups excluding carboxylic acids is 2. The van der Waals surface area contributed by atoms with Gasteiger partial charge in [0.15, 0.2) is 12.2 Å². The Morgan fingerprint density at radius 2 is 0.926 bits per heavy atom. The molecule has 81 heavy (non-hydrogen) atoms. The minimum Gasteiger partial charge on any atom is -0.380 e. The van der Waals surface area contributed by atoms with Crippen LogP contribution in [0.5, 0.6) is 0 Å². The Morgan fingerprint density at radius 3 is 1.32 bits per heavy atom.